The smallest absolute Gasteiger partial charge is 0.256 e. The Morgan fingerprint density at radius 3 is 2.84 bits per heavy atom. The second-order valence-electron chi connectivity index (χ2n) is 5.40. The monoisotopic (exact) mass is 264 g/mol. The molecular weight excluding hydrogens is 243 g/mol. The fourth-order valence-corrected chi connectivity index (χ4v) is 2.73. The Morgan fingerprint density at radius 2 is 2.21 bits per heavy atom. The molecular formula is C15H21FN2O. The number of nitrogens with zero attached hydrogens (tertiary/aromatic N) is 1. The zero-order valence-electron chi connectivity index (χ0n) is 11.7. The minimum absolute atomic E-state index is 0.190. The molecule has 104 valence electrons. The lowest BCUT2D eigenvalue weighted by Crippen LogP contribution is -2.49. The van der Waals surface area contributed by atoms with Crippen LogP contribution in [0.25, 0.3) is 0 Å². The van der Waals surface area contributed by atoms with Crippen molar-refractivity contribution in [3.05, 3.63) is 35.1 Å². The summed E-state index contributed by atoms with van der Waals surface area (Å²) in [6.07, 6.45) is 0.914. The summed E-state index contributed by atoms with van der Waals surface area (Å²) in [7, 11) is 1.94. The van der Waals surface area contributed by atoms with Crippen LogP contribution in [0.1, 0.15) is 29.3 Å². The maximum Gasteiger partial charge on any atom is 0.256 e. The first-order chi connectivity index (χ1) is 9.02. The van der Waals surface area contributed by atoms with Crippen molar-refractivity contribution in [1.82, 2.24) is 10.2 Å². The molecule has 1 heterocycles. The van der Waals surface area contributed by atoms with Crippen molar-refractivity contribution < 1.29 is 9.18 Å². The fourth-order valence-electron chi connectivity index (χ4n) is 2.73. The van der Waals surface area contributed by atoms with E-state index in [2.05, 4.69) is 12.2 Å². The summed E-state index contributed by atoms with van der Waals surface area (Å²) < 4.78 is 13.8. The number of hydrogen-bond donors (Lipinski definition) is 1. The van der Waals surface area contributed by atoms with Crippen LogP contribution in [0.15, 0.2) is 18.2 Å². The third-order valence-electron chi connectivity index (χ3n) is 3.92. The summed E-state index contributed by atoms with van der Waals surface area (Å²) in [5.74, 6) is -0.239. The summed E-state index contributed by atoms with van der Waals surface area (Å²) in [5.41, 5.74) is 1.10. The normalized spacial score (nSPS) is 23.5. The Bertz CT molecular complexity index is 475. The number of nitrogens with one attached hydrogen (secondary N) is 1. The SMILES string of the molecule is CNC1CCN(C(=O)c2cc(C)ccc2F)CC1C. The van der Waals surface area contributed by atoms with Crippen molar-refractivity contribution in [2.75, 3.05) is 20.1 Å². The predicted octanol–water partition coefficient (Wildman–Crippen LogP) is 2.20. The van der Waals surface area contributed by atoms with E-state index in [0.29, 0.717) is 25.0 Å². The number of benzene rings is 1. The number of amides is 1. The third kappa shape index (κ3) is 2.95. The van der Waals surface area contributed by atoms with E-state index in [-0.39, 0.29) is 11.5 Å². The molecule has 0 spiro atoms. The van der Waals surface area contributed by atoms with Crippen molar-refractivity contribution >= 4 is 5.91 Å². The maximum atomic E-state index is 13.8. The summed E-state index contributed by atoms with van der Waals surface area (Å²) in [4.78, 5) is 14.1. The summed E-state index contributed by atoms with van der Waals surface area (Å²) in [6.45, 7) is 5.35. The zero-order valence-corrected chi connectivity index (χ0v) is 11.7. The van der Waals surface area contributed by atoms with Gasteiger partial charge in [-0.1, -0.05) is 18.6 Å². The van der Waals surface area contributed by atoms with Gasteiger partial charge in [0.05, 0.1) is 5.56 Å². The summed E-state index contributed by atoms with van der Waals surface area (Å²) in [6, 6.07) is 5.12. The van der Waals surface area contributed by atoms with E-state index < -0.39 is 5.82 Å². The number of carbonyl (C=O) groups excluding carboxylic acids is 1. The summed E-state index contributed by atoms with van der Waals surface area (Å²) in [5, 5.41) is 3.26. The molecule has 1 aromatic carbocycles. The maximum absolute atomic E-state index is 13.8. The molecule has 1 aromatic rings. The Morgan fingerprint density at radius 1 is 1.47 bits per heavy atom. The molecule has 0 aliphatic carbocycles. The van der Waals surface area contributed by atoms with Crippen LogP contribution >= 0.6 is 0 Å². The molecule has 0 radical (unpaired) electrons. The number of rotatable bonds is 2. The topological polar surface area (TPSA) is 32.3 Å². The van der Waals surface area contributed by atoms with E-state index in [1.165, 1.54) is 6.07 Å². The van der Waals surface area contributed by atoms with E-state index in [1.54, 1.807) is 17.0 Å². The fraction of sp³-hybridized carbons (Fsp3) is 0.533. The van der Waals surface area contributed by atoms with Crippen molar-refractivity contribution in [3.63, 3.8) is 0 Å². The zero-order chi connectivity index (χ0) is 14.0. The molecule has 19 heavy (non-hydrogen) atoms. The molecule has 0 saturated carbocycles. The first-order valence-electron chi connectivity index (χ1n) is 6.75. The van der Waals surface area contributed by atoms with Crippen LogP contribution in [0.3, 0.4) is 0 Å². The van der Waals surface area contributed by atoms with Crippen LogP contribution in [0.4, 0.5) is 4.39 Å². The number of halogens is 1. The molecule has 2 atom stereocenters. The Labute approximate surface area is 113 Å². The van der Waals surface area contributed by atoms with Gasteiger partial charge in [-0.25, -0.2) is 4.39 Å². The van der Waals surface area contributed by atoms with Crippen LogP contribution in [0.2, 0.25) is 0 Å². The van der Waals surface area contributed by atoms with E-state index in [1.807, 2.05) is 14.0 Å². The minimum atomic E-state index is -0.431. The standard InChI is InChI=1S/C15H21FN2O/c1-10-4-5-13(16)12(8-10)15(19)18-7-6-14(17-3)11(2)9-18/h4-5,8,11,14,17H,6-7,9H2,1-3H3. The van der Waals surface area contributed by atoms with E-state index in [4.69, 9.17) is 0 Å². The van der Waals surface area contributed by atoms with Gasteiger partial charge in [-0.05, 0) is 38.4 Å². The van der Waals surface area contributed by atoms with Gasteiger partial charge >= 0.3 is 0 Å². The van der Waals surface area contributed by atoms with Crippen LogP contribution in [-0.4, -0.2) is 37.0 Å². The number of aryl methyl sites for hydroxylation is 1. The molecule has 2 rings (SSSR count). The lowest BCUT2D eigenvalue weighted by Gasteiger charge is -2.36. The van der Waals surface area contributed by atoms with Gasteiger partial charge in [0, 0.05) is 19.1 Å². The molecule has 1 fully saturated rings. The largest absolute Gasteiger partial charge is 0.338 e. The Kier molecular flexibility index (Phi) is 4.20. The van der Waals surface area contributed by atoms with Gasteiger partial charge in [0.15, 0.2) is 0 Å². The van der Waals surface area contributed by atoms with E-state index in [0.717, 1.165) is 12.0 Å². The highest BCUT2D eigenvalue weighted by Crippen LogP contribution is 2.20. The average molecular weight is 264 g/mol. The molecule has 1 saturated heterocycles. The van der Waals surface area contributed by atoms with Crippen LogP contribution < -0.4 is 5.32 Å². The Hall–Kier alpha value is -1.42. The number of carbonyl (C=O) groups is 1. The molecule has 3 nitrogen and oxygen atoms in total. The molecule has 2 unspecified atom stereocenters. The van der Waals surface area contributed by atoms with Crippen molar-refractivity contribution in [3.8, 4) is 0 Å². The van der Waals surface area contributed by atoms with Gasteiger partial charge in [0.2, 0.25) is 0 Å². The second-order valence-corrected chi connectivity index (χ2v) is 5.40. The minimum Gasteiger partial charge on any atom is -0.338 e. The predicted molar refractivity (Wildman–Crippen MR) is 73.7 cm³/mol. The lowest BCUT2D eigenvalue weighted by atomic mass is 9.93. The quantitative estimate of drug-likeness (QED) is 0.888. The van der Waals surface area contributed by atoms with Gasteiger partial charge in [0.1, 0.15) is 5.82 Å². The van der Waals surface area contributed by atoms with Gasteiger partial charge in [-0.15, -0.1) is 0 Å². The molecule has 1 aliphatic rings. The van der Waals surface area contributed by atoms with Crippen molar-refractivity contribution in [2.24, 2.45) is 5.92 Å². The molecule has 1 N–H and O–H groups in total. The molecule has 1 amide bonds. The highest BCUT2D eigenvalue weighted by atomic mass is 19.1. The average Bonchev–Trinajstić information content (AvgIpc) is 2.40. The second kappa shape index (κ2) is 5.70. The highest BCUT2D eigenvalue weighted by Gasteiger charge is 2.29. The molecule has 0 bridgehead atoms. The van der Waals surface area contributed by atoms with Crippen molar-refractivity contribution in [1.29, 1.82) is 0 Å². The van der Waals surface area contributed by atoms with Gasteiger partial charge < -0.3 is 10.2 Å². The number of piperidine rings is 1. The number of likely N-dealkylation sites (tertiary alicyclic amines) is 1. The van der Waals surface area contributed by atoms with E-state index in [9.17, 15) is 9.18 Å². The molecule has 0 aromatic heterocycles. The van der Waals surface area contributed by atoms with Crippen LogP contribution in [0, 0.1) is 18.7 Å². The van der Waals surface area contributed by atoms with Gasteiger partial charge in [-0.2, -0.15) is 0 Å². The molecule has 4 heteroatoms. The van der Waals surface area contributed by atoms with E-state index >= 15 is 0 Å². The molecule has 1 aliphatic heterocycles. The summed E-state index contributed by atoms with van der Waals surface area (Å²) >= 11 is 0. The number of hydrogen-bond acceptors (Lipinski definition) is 2. The third-order valence-corrected chi connectivity index (χ3v) is 3.92. The van der Waals surface area contributed by atoms with Crippen LogP contribution in [0.5, 0.6) is 0 Å². The van der Waals surface area contributed by atoms with Crippen LogP contribution in [-0.2, 0) is 0 Å². The first kappa shape index (κ1) is 14.0. The van der Waals surface area contributed by atoms with Gasteiger partial charge in [-0.3, -0.25) is 4.79 Å². The highest BCUT2D eigenvalue weighted by molar-refractivity contribution is 5.94. The first-order valence-corrected chi connectivity index (χ1v) is 6.75. The Balaban J connectivity index is 2.14. The lowest BCUT2D eigenvalue weighted by molar-refractivity contribution is 0.0644. The van der Waals surface area contributed by atoms with Gasteiger partial charge in [0.25, 0.3) is 5.91 Å². The van der Waals surface area contributed by atoms with Crippen molar-refractivity contribution in [2.45, 2.75) is 26.3 Å².